The summed E-state index contributed by atoms with van der Waals surface area (Å²) in [5.41, 5.74) is 9.48. The van der Waals surface area contributed by atoms with Gasteiger partial charge in [0, 0.05) is 13.2 Å². The number of methoxy groups -OCH3 is 1. The lowest BCUT2D eigenvalue weighted by molar-refractivity contribution is 0.0510. The number of alkyl halides is 1. The maximum Gasteiger partial charge on any atom is 0.188 e. The minimum absolute atomic E-state index is 0.121. The van der Waals surface area contributed by atoms with Crippen LogP contribution >= 0.6 is 0 Å². The zero-order valence-corrected chi connectivity index (χ0v) is 13.9. The normalized spacial score (nSPS) is 12.1. The maximum absolute atomic E-state index is 12.0. The predicted molar refractivity (Wildman–Crippen MR) is 91.7 cm³/mol. The number of halogens is 1. The molecular formula is C19H24FNO3. The second kappa shape index (κ2) is 10.0. The molecule has 0 aliphatic carbocycles. The lowest BCUT2D eigenvalue weighted by atomic mass is 9.99. The van der Waals surface area contributed by atoms with Gasteiger partial charge in [0.2, 0.25) is 0 Å². The molecule has 2 rings (SSSR count). The Labute approximate surface area is 142 Å². The Morgan fingerprint density at radius 2 is 1.83 bits per heavy atom. The van der Waals surface area contributed by atoms with Gasteiger partial charge in [0.1, 0.15) is 12.4 Å². The molecule has 130 valence electrons. The van der Waals surface area contributed by atoms with Gasteiger partial charge in [-0.3, -0.25) is 0 Å². The Morgan fingerprint density at radius 1 is 1.08 bits per heavy atom. The van der Waals surface area contributed by atoms with Gasteiger partial charge in [0.15, 0.2) is 6.79 Å². The first-order valence-electron chi connectivity index (χ1n) is 7.91. The Morgan fingerprint density at radius 3 is 2.54 bits per heavy atom. The third kappa shape index (κ3) is 5.92. The molecule has 2 aromatic carbocycles. The van der Waals surface area contributed by atoms with E-state index >= 15 is 0 Å². The highest BCUT2D eigenvalue weighted by Gasteiger charge is 2.08. The third-order valence-electron chi connectivity index (χ3n) is 3.60. The van der Waals surface area contributed by atoms with Crippen LogP contribution in [0.3, 0.4) is 0 Å². The Bertz CT molecular complexity index is 604. The summed E-state index contributed by atoms with van der Waals surface area (Å²) in [6.07, 6.45) is 0.722. The number of hydrogen-bond acceptors (Lipinski definition) is 4. The summed E-state index contributed by atoms with van der Waals surface area (Å²) in [7, 11) is 1.59. The van der Waals surface area contributed by atoms with Crippen LogP contribution in [0.1, 0.15) is 22.7 Å². The van der Waals surface area contributed by atoms with E-state index in [2.05, 4.69) is 0 Å². The van der Waals surface area contributed by atoms with Crippen molar-refractivity contribution in [2.75, 3.05) is 27.2 Å². The summed E-state index contributed by atoms with van der Waals surface area (Å²) in [6.45, 7) is 0.313. The topological polar surface area (TPSA) is 53.7 Å². The fraction of sp³-hybridized carbons (Fsp3) is 0.368. The summed E-state index contributed by atoms with van der Waals surface area (Å²) >= 11 is 0. The fourth-order valence-electron chi connectivity index (χ4n) is 2.35. The van der Waals surface area contributed by atoms with Crippen LogP contribution in [0.4, 0.5) is 4.39 Å². The van der Waals surface area contributed by atoms with Gasteiger partial charge in [-0.05, 0) is 35.2 Å². The average Bonchev–Trinajstić information content (AvgIpc) is 2.62. The van der Waals surface area contributed by atoms with Gasteiger partial charge >= 0.3 is 0 Å². The maximum atomic E-state index is 12.0. The third-order valence-corrected chi connectivity index (χ3v) is 3.60. The van der Waals surface area contributed by atoms with Crippen LogP contribution in [0, 0.1) is 0 Å². The second-order valence-corrected chi connectivity index (χ2v) is 5.49. The van der Waals surface area contributed by atoms with Gasteiger partial charge in [-0.15, -0.1) is 0 Å². The molecule has 0 saturated carbocycles. The first-order chi connectivity index (χ1) is 11.7. The Kier molecular flexibility index (Phi) is 7.68. The monoisotopic (exact) mass is 333 g/mol. The van der Waals surface area contributed by atoms with Crippen molar-refractivity contribution in [2.24, 2.45) is 5.73 Å². The van der Waals surface area contributed by atoms with E-state index < -0.39 is 6.67 Å². The van der Waals surface area contributed by atoms with Crippen molar-refractivity contribution in [2.45, 2.75) is 19.1 Å². The van der Waals surface area contributed by atoms with Crippen molar-refractivity contribution < 1.29 is 18.6 Å². The van der Waals surface area contributed by atoms with Crippen LogP contribution in [0.15, 0.2) is 48.5 Å². The molecular weight excluding hydrogens is 309 g/mol. The van der Waals surface area contributed by atoms with E-state index in [1.54, 1.807) is 7.11 Å². The minimum Gasteiger partial charge on any atom is -0.468 e. The lowest BCUT2D eigenvalue weighted by Crippen LogP contribution is -2.13. The smallest absolute Gasteiger partial charge is 0.188 e. The van der Waals surface area contributed by atoms with Gasteiger partial charge < -0.3 is 19.9 Å². The van der Waals surface area contributed by atoms with Crippen LogP contribution in [0.25, 0.3) is 0 Å². The molecule has 24 heavy (non-hydrogen) atoms. The predicted octanol–water partition coefficient (Wildman–Crippen LogP) is 3.40. The molecule has 5 heteroatoms. The molecule has 0 bridgehead atoms. The molecule has 0 aliphatic rings. The zero-order chi connectivity index (χ0) is 17.2. The SMILES string of the molecule is COCOc1cccc(C(N)Cc2ccc(COCCF)cc2)c1. The molecule has 0 aromatic heterocycles. The highest BCUT2D eigenvalue weighted by atomic mass is 19.1. The molecule has 0 heterocycles. The summed E-state index contributed by atoms with van der Waals surface area (Å²) < 4.78 is 27.5. The molecule has 2 N–H and O–H groups in total. The van der Waals surface area contributed by atoms with Crippen molar-refractivity contribution in [3.05, 3.63) is 65.2 Å². The molecule has 0 saturated heterocycles. The highest BCUT2D eigenvalue weighted by molar-refractivity contribution is 5.32. The van der Waals surface area contributed by atoms with E-state index in [0.717, 1.165) is 28.9 Å². The lowest BCUT2D eigenvalue weighted by Gasteiger charge is -2.14. The van der Waals surface area contributed by atoms with Crippen molar-refractivity contribution >= 4 is 0 Å². The van der Waals surface area contributed by atoms with Crippen molar-refractivity contribution in [3.8, 4) is 5.75 Å². The van der Waals surface area contributed by atoms with E-state index in [1.807, 2.05) is 48.5 Å². The first-order valence-corrected chi connectivity index (χ1v) is 7.91. The number of nitrogens with two attached hydrogens (primary N) is 1. The zero-order valence-electron chi connectivity index (χ0n) is 13.9. The molecule has 0 amide bonds. The van der Waals surface area contributed by atoms with Crippen molar-refractivity contribution in [1.29, 1.82) is 0 Å². The van der Waals surface area contributed by atoms with Crippen molar-refractivity contribution in [1.82, 2.24) is 0 Å². The van der Waals surface area contributed by atoms with Gasteiger partial charge in [-0.1, -0.05) is 36.4 Å². The van der Waals surface area contributed by atoms with Crippen LogP contribution in [0.2, 0.25) is 0 Å². The van der Waals surface area contributed by atoms with Crippen molar-refractivity contribution in [3.63, 3.8) is 0 Å². The van der Waals surface area contributed by atoms with Crippen LogP contribution in [0.5, 0.6) is 5.75 Å². The summed E-state index contributed by atoms with van der Waals surface area (Å²) in [4.78, 5) is 0. The molecule has 2 aromatic rings. The average molecular weight is 333 g/mol. The standard InChI is InChI=1S/C19H24FNO3/c1-22-14-24-18-4-2-3-17(12-18)19(21)11-15-5-7-16(8-6-15)13-23-10-9-20/h2-8,12,19H,9-11,13-14,21H2,1H3. The Hall–Kier alpha value is -1.95. The summed E-state index contributed by atoms with van der Waals surface area (Å²) in [5, 5.41) is 0. The number of hydrogen-bond donors (Lipinski definition) is 1. The molecule has 0 radical (unpaired) electrons. The van der Waals surface area contributed by atoms with E-state index in [4.69, 9.17) is 19.9 Å². The minimum atomic E-state index is -0.458. The van der Waals surface area contributed by atoms with E-state index in [0.29, 0.717) is 6.61 Å². The van der Waals surface area contributed by atoms with Crippen LogP contribution in [-0.4, -0.2) is 27.2 Å². The van der Waals surface area contributed by atoms with E-state index in [9.17, 15) is 4.39 Å². The Balaban J connectivity index is 1.92. The fourth-order valence-corrected chi connectivity index (χ4v) is 2.35. The highest BCUT2D eigenvalue weighted by Crippen LogP contribution is 2.21. The van der Waals surface area contributed by atoms with Gasteiger partial charge in [-0.2, -0.15) is 0 Å². The second-order valence-electron chi connectivity index (χ2n) is 5.49. The van der Waals surface area contributed by atoms with Crippen LogP contribution in [-0.2, 0) is 22.5 Å². The quantitative estimate of drug-likeness (QED) is 0.535. The molecule has 0 spiro atoms. The summed E-state index contributed by atoms with van der Waals surface area (Å²) in [6, 6.07) is 15.6. The number of ether oxygens (including phenoxy) is 3. The number of rotatable bonds is 10. The molecule has 4 nitrogen and oxygen atoms in total. The number of benzene rings is 2. The molecule has 0 aliphatic heterocycles. The van der Waals surface area contributed by atoms with Gasteiger partial charge in [0.25, 0.3) is 0 Å². The van der Waals surface area contributed by atoms with E-state index in [-0.39, 0.29) is 19.4 Å². The molecule has 1 unspecified atom stereocenters. The van der Waals surface area contributed by atoms with E-state index in [1.165, 1.54) is 0 Å². The van der Waals surface area contributed by atoms with Gasteiger partial charge in [0.05, 0.1) is 13.2 Å². The largest absolute Gasteiger partial charge is 0.468 e. The molecule has 1 atom stereocenters. The first kappa shape index (κ1) is 18.4. The van der Waals surface area contributed by atoms with Gasteiger partial charge in [-0.25, -0.2) is 4.39 Å². The molecule has 0 fully saturated rings. The summed E-state index contributed by atoms with van der Waals surface area (Å²) in [5.74, 6) is 0.741. The van der Waals surface area contributed by atoms with Crippen LogP contribution < -0.4 is 10.5 Å².